The van der Waals surface area contributed by atoms with Gasteiger partial charge in [0.15, 0.2) is 0 Å². The number of nitrogens with zero attached hydrogens (tertiary/aromatic N) is 2. The number of amides is 3. The lowest BCUT2D eigenvalue weighted by atomic mass is 10.1. The number of carbonyl (C=O) groups excluding carboxylic acids is 2. The van der Waals surface area contributed by atoms with Crippen molar-refractivity contribution in [3.05, 3.63) is 52.8 Å². The van der Waals surface area contributed by atoms with Crippen LogP contribution in [0.4, 0.5) is 26.2 Å². The number of anilines is 3. The van der Waals surface area contributed by atoms with E-state index in [0.29, 0.717) is 23.5 Å². The smallest absolute Gasteiger partial charge is 0.323 e. The molecule has 3 rings (SSSR count). The fourth-order valence-electron chi connectivity index (χ4n) is 3.86. The van der Waals surface area contributed by atoms with Crippen LogP contribution in [0.5, 0.6) is 0 Å². The van der Waals surface area contributed by atoms with E-state index in [1.807, 2.05) is 6.07 Å². The molecule has 178 valence electrons. The second-order valence-corrected chi connectivity index (χ2v) is 8.32. The SMILES string of the molecule is CCN(CC)CCNC(=O)c1cc(NC(=O)Nc2ccc(F)c(Cl)c2)ccc1N1CCCC1. The van der Waals surface area contributed by atoms with E-state index in [-0.39, 0.29) is 10.9 Å². The van der Waals surface area contributed by atoms with E-state index in [1.54, 1.807) is 12.1 Å². The summed E-state index contributed by atoms with van der Waals surface area (Å²) in [6.45, 7) is 9.17. The molecule has 1 aliphatic rings. The summed E-state index contributed by atoms with van der Waals surface area (Å²) >= 11 is 5.77. The Labute approximate surface area is 199 Å². The van der Waals surface area contributed by atoms with Crippen LogP contribution >= 0.6 is 11.6 Å². The number of rotatable bonds is 9. The Hall–Kier alpha value is -2.84. The molecule has 3 amide bonds. The molecule has 2 aromatic rings. The number of carbonyl (C=O) groups is 2. The molecule has 0 aliphatic carbocycles. The lowest BCUT2D eigenvalue weighted by Gasteiger charge is -2.23. The molecule has 7 nitrogen and oxygen atoms in total. The first-order valence-electron chi connectivity index (χ1n) is 11.3. The zero-order valence-electron chi connectivity index (χ0n) is 19.1. The largest absolute Gasteiger partial charge is 0.371 e. The topological polar surface area (TPSA) is 76.7 Å². The summed E-state index contributed by atoms with van der Waals surface area (Å²) < 4.78 is 13.3. The number of urea groups is 1. The highest BCUT2D eigenvalue weighted by Gasteiger charge is 2.20. The maximum Gasteiger partial charge on any atom is 0.323 e. The van der Waals surface area contributed by atoms with Crippen molar-refractivity contribution in [3.8, 4) is 0 Å². The van der Waals surface area contributed by atoms with Crippen molar-refractivity contribution in [2.45, 2.75) is 26.7 Å². The zero-order valence-corrected chi connectivity index (χ0v) is 19.8. The lowest BCUT2D eigenvalue weighted by Crippen LogP contribution is -2.35. The van der Waals surface area contributed by atoms with Crippen LogP contribution in [-0.2, 0) is 0 Å². The minimum absolute atomic E-state index is 0.0774. The quantitative estimate of drug-likeness (QED) is 0.487. The number of likely N-dealkylation sites (N-methyl/N-ethyl adjacent to an activating group) is 1. The van der Waals surface area contributed by atoms with E-state index >= 15 is 0 Å². The van der Waals surface area contributed by atoms with Gasteiger partial charge in [0.2, 0.25) is 0 Å². The average Bonchev–Trinajstić information content (AvgIpc) is 3.34. The van der Waals surface area contributed by atoms with Gasteiger partial charge in [-0.25, -0.2) is 9.18 Å². The molecule has 1 aliphatic heterocycles. The van der Waals surface area contributed by atoms with E-state index < -0.39 is 11.8 Å². The van der Waals surface area contributed by atoms with Crippen molar-refractivity contribution in [1.29, 1.82) is 0 Å². The molecule has 0 spiro atoms. The molecular formula is C24H31ClFN5O2. The van der Waals surface area contributed by atoms with Crippen LogP contribution in [0.25, 0.3) is 0 Å². The molecule has 0 unspecified atom stereocenters. The first-order chi connectivity index (χ1) is 15.9. The second-order valence-electron chi connectivity index (χ2n) is 7.92. The Bertz CT molecular complexity index is 977. The van der Waals surface area contributed by atoms with Crippen molar-refractivity contribution >= 4 is 40.6 Å². The number of hydrogen-bond donors (Lipinski definition) is 3. The average molecular weight is 476 g/mol. The highest BCUT2D eigenvalue weighted by Crippen LogP contribution is 2.28. The number of benzene rings is 2. The van der Waals surface area contributed by atoms with Gasteiger partial charge in [0.1, 0.15) is 5.82 Å². The van der Waals surface area contributed by atoms with Crippen LogP contribution in [0.2, 0.25) is 5.02 Å². The van der Waals surface area contributed by atoms with Gasteiger partial charge in [-0.15, -0.1) is 0 Å². The molecule has 0 bridgehead atoms. The van der Waals surface area contributed by atoms with Gasteiger partial charge in [-0.1, -0.05) is 25.4 Å². The van der Waals surface area contributed by atoms with E-state index in [4.69, 9.17) is 11.6 Å². The highest BCUT2D eigenvalue weighted by atomic mass is 35.5. The molecule has 1 heterocycles. The van der Waals surface area contributed by atoms with Crippen LogP contribution in [-0.4, -0.2) is 56.1 Å². The van der Waals surface area contributed by atoms with E-state index in [9.17, 15) is 14.0 Å². The number of hydrogen-bond acceptors (Lipinski definition) is 4. The van der Waals surface area contributed by atoms with Gasteiger partial charge in [0, 0.05) is 43.2 Å². The van der Waals surface area contributed by atoms with Gasteiger partial charge in [0.25, 0.3) is 5.91 Å². The van der Waals surface area contributed by atoms with Gasteiger partial charge in [-0.05, 0) is 62.3 Å². The normalized spacial score (nSPS) is 13.3. The molecule has 0 atom stereocenters. The van der Waals surface area contributed by atoms with Crippen LogP contribution < -0.4 is 20.9 Å². The Morgan fingerprint density at radius 2 is 1.67 bits per heavy atom. The highest BCUT2D eigenvalue weighted by molar-refractivity contribution is 6.31. The standard InChI is InChI=1S/C24H31ClFN5O2/c1-3-30(4-2)14-11-27-23(32)19-15-17(8-10-22(19)31-12-5-6-13-31)28-24(33)29-18-7-9-21(26)20(25)16-18/h7-10,15-16H,3-6,11-14H2,1-2H3,(H,27,32)(H2,28,29,33). The summed E-state index contributed by atoms with van der Waals surface area (Å²) in [6, 6.07) is 8.76. The maximum atomic E-state index is 13.3. The Morgan fingerprint density at radius 3 is 2.30 bits per heavy atom. The minimum Gasteiger partial charge on any atom is -0.371 e. The van der Waals surface area contributed by atoms with Crippen LogP contribution in [0.3, 0.4) is 0 Å². The molecule has 2 aromatic carbocycles. The van der Waals surface area contributed by atoms with E-state index in [2.05, 4.69) is 39.6 Å². The van der Waals surface area contributed by atoms with Crippen molar-refractivity contribution in [1.82, 2.24) is 10.2 Å². The Morgan fingerprint density at radius 1 is 1.03 bits per heavy atom. The number of nitrogens with one attached hydrogen (secondary N) is 3. The minimum atomic E-state index is -0.559. The molecule has 0 radical (unpaired) electrons. The third kappa shape index (κ3) is 6.82. The van der Waals surface area contributed by atoms with Crippen LogP contribution in [0.15, 0.2) is 36.4 Å². The van der Waals surface area contributed by atoms with Crippen LogP contribution in [0.1, 0.15) is 37.0 Å². The molecular weight excluding hydrogens is 445 g/mol. The maximum absolute atomic E-state index is 13.3. The molecule has 0 saturated carbocycles. The Kier molecular flexibility index (Phi) is 8.91. The van der Waals surface area contributed by atoms with Crippen molar-refractivity contribution in [3.63, 3.8) is 0 Å². The van der Waals surface area contributed by atoms with Gasteiger partial charge in [0.05, 0.1) is 10.6 Å². The van der Waals surface area contributed by atoms with Gasteiger partial charge in [-0.2, -0.15) is 0 Å². The monoisotopic (exact) mass is 475 g/mol. The summed E-state index contributed by atoms with van der Waals surface area (Å²) in [5.74, 6) is -0.727. The fourth-order valence-corrected chi connectivity index (χ4v) is 4.04. The third-order valence-electron chi connectivity index (χ3n) is 5.73. The predicted molar refractivity (Wildman–Crippen MR) is 132 cm³/mol. The van der Waals surface area contributed by atoms with Crippen molar-refractivity contribution in [2.24, 2.45) is 0 Å². The first-order valence-corrected chi connectivity index (χ1v) is 11.7. The Balaban J connectivity index is 1.72. The summed E-state index contributed by atoms with van der Waals surface area (Å²) in [4.78, 5) is 29.9. The summed E-state index contributed by atoms with van der Waals surface area (Å²) in [5.41, 5.74) is 2.24. The lowest BCUT2D eigenvalue weighted by molar-refractivity contribution is 0.0949. The molecule has 1 fully saturated rings. The summed E-state index contributed by atoms with van der Waals surface area (Å²) in [5, 5.41) is 8.29. The van der Waals surface area contributed by atoms with Gasteiger partial charge < -0.3 is 25.8 Å². The second kappa shape index (κ2) is 11.9. The van der Waals surface area contributed by atoms with E-state index in [1.165, 1.54) is 18.2 Å². The van der Waals surface area contributed by atoms with Crippen molar-refractivity contribution in [2.75, 3.05) is 54.8 Å². The summed E-state index contributed by atoms with van der Waals surface area (Å²) in [7, 11) is 0. The predicted octanol–water partition coefficient (Wildman–Crippen LogP) is 4.79. The number of halogens is 2. The molecule has 9 heteroatoms. The molecule has 0 aromatic heterocycles. The zero-order chi connectivity index (χ0) is 23.8. The molecule has 33 heavy (non-hydrogen) atoms. The van der Waals surface area contributed by atoms with Crippen molar-refractivity contribution < 1.29 is 14.0 Å². The molecule has 1 saturated heterocycles. The van der Waals surface area contributed by atoms with Gasteiger partial charge >= 0.3 is 6.03 Å². The van der Waals surface area contributed by atoms with E-state index in [0.717, 1.165) is 51.3 Å². The fraction of sp³-hybridized carbons (Fsp3) is 0.417. The molecule has 3 N–H and O–H groups in total. The third-order valence-corrected chi connectivity index (χ3v) is 6.02. The first kappa shape index (κ1) is 24.8. The van der Waals surface area contributed by atoms with Crippen LogP contribution in [0, 0.1) is 5.82 Å². The van der Waals surface area contributed by atoms with Gasteiger partial charge in [-0.3, -0.25) is 4.79 Å². The summed E-state index contributed by atoms with van der Waals surface area (Å²) in [6.07, 6.45) is 2.18.